The van der Waals surface area contributed by atoms with Crippen LogP contribution in [-0.4, -0.2) is 43.2 Å². The van der Waals surface area contributed by atoms with E-state index in [9.17, 15) is 4.79 Å². The number of benzene rings is 1. The zero-order valence-corrected chi connectivity index (χ0v) is 11.7. The van der Waals surface area contributed by atoms with Crippen molar-refractivity contribution in [3.05, 3.63) is 30.0 Å². The fourth-order valence-corrected chi connectivity index (χ4v) is 2.69. The minimum absolute atomic E-state index is 0.0276. The van der Waals surface area contributed by atoms with Crippen LogP contribution in [0.5, 0.6) is 5.75 Å². The maximum Gasteiger partial charge on any atom is 0.289 e. The van der Waals surface area contributed by atoms with E-state index < -0.39 is 0 Å². The molecule has 1 amide bonds. The minimum atomic E-state index is -0.0276. The van der Waals surface area contributed by atoms with Gasteiger partial charge in [-0.3, -0.25) is 4.79 Å². The number of furan rings is 1. The van der Waals surface area contributed by atoms with Crippen LogP contribution in [0.4, 0.5) is 0 Å². The monoisotopic (exact) mass is 287 g/mol. The number of hydrogen-bond donors (Lipinski definition) is 0. The van der Waals surface area contributed by atoms with E-state index in [1.807, 2.05) is 23.1 Å². The van der Waals surface area contributed by atoms with E-state index in [-0.39, 0.29) is 12.0 Å². The van der Waals surface area contributed by atoms with Crippen molar-refractivity contribution in [2.45, 2.75) is 18.9 Å². The molecule has 2 fully saturated rings. The number of rotatable bonds is 4. The predicted molar refractivity (Wildman–Crippen MR) is 76.6 cm³/mol. The molecular formula is C16H17NO4. The second kappa shape index (κ2) is 5.07. The second-order valence-electron chi connectivity index (χ2n) is 5.54. The Bertz CT molecular complexity index is 668. The van der Waals surface area contributed by atoms with E-state index in [4.69, 9.17) is 13.9 Å². The molecule has 21 heavy (non-hydrogen) atoms. The van der Waals surface area contributed by atoms with Crippen LogP contribution in [0.2, 0.25) is 0 Å². The molecule has 5 nitrogen and oxygen atoms in total. The highest BCUT2D eigenvalue weighted by molar-refractivity contribution is 5.97. The topological polar surface area (TPSA) is 55.2 Å². The van der Waals surface area contributed by atoms with Gasteiger partial charge in [0.25, 0.3) is 5.91 Å². The van der Waals surface area contributed by atoms with Crippen molar-refractivity contribution in [3.63, 3.8) is 0 Å². The van der Waals surface area contributed by atoms with Gasteiger partial charge in [0.2, 0.25) is 0 Å². The molecule has 1 aromatic heterocycles. The zero-order chi connectivity index (χ0) is 14.2. The number of hydrogen-bond acceptors (Lipinski definition) is 4. The van der Waals surface area contributed by atoms with Crippen molar-refractivity contribution in [2.24, 2.45) is 0 Å². The molecule has 2 aliphatic heterocycles. The third-order valence-corrected chi connectivity index (χ3v) is 3.95. The number of amides is 1. The van der Waals surface area contributed by atoms with Gasteiger partial charge in [0.15, 0.2) is 5.76 Å². The molecule has 0 saturated carbocycles. The maximum absolute atomic E-state index is 12.4. The highest BCUT2D eigenvalue weighted by Crippen LogP contribution is 2.30. The van der Waals surface area contributed by atoms with Gasteiger partial charge in [-0.1, -0.05) is 6.07 Å². The van der Waals surface area contributed by atoms with Crippen LogP contribution in [0.25, 0.3) is 11.0 Å². The molecule has 2 aromatic rings. The van der Waals surface area contributed by atoms with Crippen LogP contribution in [0.15, 0.2) is 28.7 Å². The van der Waals surface area contributed by atoms with Crippen molar-refractivity contribution in [1.82, 2.24) is 4.90 Å². The molecular weight excluding hydrogens is 270 g/mol. The van der Waals surface area contributed by atoms with E-state index in [0.29, 0.717) is 18.0 Å². The fourth-order valence-electron chi connectivity index (χ4n) is 2.69. The van der Waals surface area contributed by atoms with Gasteiger partial charge in [0, 0.05) is 19.2 Å². The Kier molecular flexibility index (Phi) is 3.07. The Hall–Kier alpha value is -2.01. The number of carbonyl (C=O) groups excluding carboxylic acids is 1. The number of epoxide rings is 1. The zero-order valence-electron chi connectivity index (χ0n) is 11.7. The lowest BCUT2D eigenvalue weighted by Gasteiger charge is -2.12. The van der Waals surface area contributed by atoms with Gasteiger partial charge < -0.3 is 18.8 Å². The van der Waals surface area contributed by atoms with Crippen molar-refractivity contribution in [2.75, 3.05) is 26.3 Å². The summed E-state index contributed by atoms with van der Waals surface area (Å²) in [5, 5.41) is 0.848. The minimum Gasteiger partial charge on any atom is -0.490 e. The standard InChI is InChI=1S/C16H17NO4/c18-16(17-6-1-2-7-17)15-8-12-13(20-10-11-9-19-11)4-3-5-14(12)21-15/h3-5,8,11H,1-2,6-7,9-10H2/t11-/m0/s1. The number of likely N-dealkylation sites (tertiary alicyclic amines) is 1. The molecule has 2 saturated heterocycles. The van der Waals surface area contributed by atoms with Gasteiger partial charge >= 0.3 is 0 Å². The molecule has 1 atom stereocenters. The average molecular weight is 287 g/mol. The Balaban J connectivity index is 1.61. The summed E-state index contributed by atoms with van der Waals surface area (Å²) in [7, 11) is 0. The smallest absolute Gasteiger partial charge is 0.289 e. The van der Waals surface area contributed by atoms with Crippen molar-refractivity contribution >= 4 is 16.9 Å². The average Bonchev–Trinajstić information content (AvgIpc) is 3.02. The lowest BCUT2D eigenvalue weighted by Crippen LogP contribution is -2.27. The van der Waals surface area contributed by atoms with Gasteiger partial charge in [-0.05, 0) is 25.0 Å². The molecule has 0 N–H and O–H groups in total. The Morgan fingerprint density at radius 3 is 2.90 bits per heavy atom. The van der Waals surface area contributed by atoms with Crippen molar-refractivity contribution < 1.29 is 18.7 Å². The van der Waals surface area contributed by atoms with Crippen LogP contribution in [0, 0.1) is 0 Å². The molecule has 5 heteroatoms. The molecule has 0 spiro atoms. The summed E-state index contributed by atoms with van der Waals surface area (Å²) >= 11 is 0. The highest BCUT2D eigenvalue weighted by atomic mass is 16.6. The molecule has 1 aromatic carbocycles. The van der Waals surface area contributed by atoms with Crippen LogP contribution >= 0.6 is 0 Å². The Labute approximate surface area is 122 Å². The van der Waals surface area contributed by atoms with E-state index in [2.05, 4.69) is 0 Å². The largest absolute Gasteiger partial charge is 0.490 e. The predicted octanol–water partition coefficient (Wildman–Crippen LogP) is 2.45. The van der Waals surface area contributed by atoms with Gasteiger partial charge in [-0.15, -0.1) is 0 Å². The fraction of sp³-hybridized carbons (Fsp3) is 0.438. The van der Waals surface area contributed by atoms with Gasteiger partial charge in [0.05, 0.1) is 12.0 Å². The lowest BCUT2D eigenvalue weighted by molar-refractivity contribution is 0.0763. The summed E-state index contributed by atoms with van der Waals surface area (Å²) in [6, 6.07) is 7.42. The molecule has 0 aliphatic carbocycles. The molecule has 4 rings (SSSR count). The second-order valence-corrected chi connectivity index (χ2v) is 5.54. The van der Waals surface area contributed by atoms with Gasteiger partial charge in [-0.2, -0.15) is 0 Å². The molecule has 0 unspecified atom stereocenters. The van der Waals surface area contributed by atoms with Crippen LogP contribution in [-0.2, 0) is 4.74 Å². The van der Waals surface area contributed by atoms with E-state index >= 15 is 0 Å². The Morgan fingerprint density at radius 1 is 1.33 bits per heavy atom. The molecule has 0 bridgehead atoms. The third-order valence-electron chi connectivity index (χ3n) is 3.95. The SMILES string of the molecule is O=C(c1cc2c(OC[C@@H]3CO3)cccc2o1)N1CCCC1. The van der Waals surface area contributed by atoms with Crippen LogP contribution in [0.1, 0.15) is 23.4 Å². The van der Waals surface area contributed by atoms with E-state index in [0.717, 1.165) is 43.7 Å². The summed E-state index contributed by atoms with van der Waals surface area (Å²) < 4.78 is 16.6. The molecule has 0 radical (unpaired) electrons. The first-order valence-corrected chi connectivity index (χ1v) is 7.37. The molecule has 3 heterocycles. The van der Waals surface area contributed by atoms with Crippen molar-refractivity contribution in [1.29, 1.82) is 0 Å². The van der Waals surface area contributed by atoms with Gasteiger partial charge in [-0.25, -0.2) is 0 Å². The normalized spacial score (nSPS) is 21.0. The summed E-state index contributed by atoms with van der Waals surface area (Å²) in [5.41, 5.74) is 0.687. The summed E-state index contributed by atoms with van der Waals surface area (Å²) in [4.78, 5) is 14.2. The van der Waals surface area contributed by atoms with Gasteiger partial charge in [0.1, 0.15) is 24.0 Å². The summed E-state index contributed by atoms with van der Waals surface area (Å²) in [5.74, 6) is 1.11. The first kappa shape index (κ1) is 12.7. The molecule has 110 valence electrons. The third kappa shape index (κ3) is 2.49. The number of ether oxygens (including phenoxy) is 2. The number of carbonyl (C=O) groups is 1. The first-order valence-electron chi connectivity index (χ1n) is 7.37. The molecule has 2 aliphatic rings. The highest BCUT2D eigenvalue weighted by Gasteiger charge is 2.25. The maximum atomic E-state index is 12.4. The number of nitrogens with zero attached hydrogens (tertiary/aromatic N) is 1. The first-order chi connectivity index (χ1) is 10.3. The quantitative estimate of drug-likeness (QED) is 0.810. The van der Waals surface area contributed by atoms with Crippen LogP contribution in [0.3, 0.4) is 0 Å². The van der Waals surface area contributed by atoms with E-state index in [1.54, 1.807) is 6.07 Å². The number of fused-ring (bicyclic) bond motifs is 1. The van der Waals surface area contributed by atoms with Crippen LogP contribution < -0.4 is 4.74 Å². The Morgan fingerprint density at radius 2 is 2.14 bits per heavy atom. The van der Waals surface area contributed by atoms with Crippen molar-refractivity contribution in [3.8, 4) is 5.75 Å². The summed E-state index contributed by atoms with van der Waals surface area (Å²) in [6.45, 7) is 2.94. The lowest BCUT2D eigenvalue weighted by atomic mass is 10.2. The van der Waals surface area contributed by atoms with E-state index in [1.165, 1.54) is 0 Å². The summed E-state index contributed by atoms with van der Waals surface area (Å²) in [6.07, 6.45) is 2.35.